The Hall–Kier alpha value is -1.22. The Labute approximate surface area is 79.2 Å². The van der Waals surface area contributed by atoms with E-state index >= 15 is 0 Å². The number of carbonyl (C=O) groups excluding carboxylic acids is 1. The van der Waals surface area contributed by atoms with Gasteiger partial charge < -0.3 is 10.1 Å². The van der Waals surface area contributed by atoms with Gasteiger partial charge in [0.15, 0.2) is 0 Å². The zero-order valence-electron chi connectivity index (χ0n) is 8.16. The van der Waals surface area contributed by atoms with Gasteiger partial charge >= 0.3 is 0 Å². The van der Waals surface area contributed by atoms with E-state index in [9.17, 15) is 0 Å². The third-order valence-corrected chi connectivity index (χ3v) is 1.39. The second-order valence-corrected chi connectivity index (χ2v) is 2.45. The lowest BCUT2D eigenvalue weighted by Crippen LogP contribution is -2.10. The molecule has 1 N–H and O–H groups in total. The lowest BCUT2D eigenvalue weighted by molar-refractivity contribution is -0.106. The highest BCUT2D eigenvalue weighted by Crippen LogP contribution is 1.94. The zero-order valence-corrected chi connectivity index (χ0v) is 8.16. The number of carbonyl (C=O) groups is 1. The van der Waals surface area contributed by atoms with Gasteiger partial charge in [-0.25, -0.2) is 0 Å². The van der Waals surface area contributed by atoms with E-state index in [1.807, 2.05) is 19.3 Å². The predicted molar refractivity (Wildman–Crippen MR) is 53.6 cm³/mol. The minimum absolute atomic E-state index is 0.750. The van der Waals surface area contributed by atoms with Gasteiger partial charge in [-0.3, -0.25) is 4.98 Å². The highest BCUT2D eigenvalue weighted by molar-refractivity contribution is 5.44. The Balaban J connectivity index is 0.000000424. The summed E-state index contributed by atoms with van der Waals surface area (Å²) >= 11 is 0. The second-order valence-electron chi connectivity index (χ2n) is 2.45. The molecule has 0 radical (unpaired) electrons. The van der Waals surface area contributed by atoms with Crippen molar-refractivity contribution in [3.8, 4) is 0 Å². The van der Waals surface area contributed by atoms with E-state index in [0.29, 0.717) is 0 Å². The largest absolute Gasteiger partial charge is 0.319 e. The maximum atomic E-state index is 8.81. The van der Waals surface area contributed by atoms with E-state index in [0.717, 1.165) is 19.3 Å². The number of likely N-dealkylation sites (N-methyl/N-ethyl adjacent to an activating group) is 1. The summed E-state index contributed by atoms with van der Waals surface area (Å²) in [5.41, 5.74) is 1.29. The molecule has 72 valence electrons. The highest BCUT2D eigenvalue weighted by atomic mass is 16.1. The van der Waals surface area contributed by atoms with Crippen LogP contribution in [0.5, 0.6) is 0 Å². The fourth-order valence-corrected chi connectivity index (χ4v) is 0.815. The molecule has 1 rings (SSSR count). The third kappa shape index (κ3) is 7.15. The normalized spacial score (nSPS) is 8.46. The first-order chi connectivity index (χ1) is 6.35. The summed E-state index contributed by atoms with van der Waals surface area (Å²) < 4.78 is 0. The smallest absolute Gasteiger partial charge is 0.116 e. The molecule has 0 saturated heterocycles. The molecule has 0 unspecified atom stereocenters. The van der Waals surface area contributed by atoms with Gasteiger partial charge in [0.2, 0.25) is 0 Å². The molecule has 0 aliphatic rings. The Morgan fingerprint density at radius 3 is 2.77 bits per heavy atom. The molecule has 1 aromatic rings. The molecule has 0 spiro atoms. The topological polar surface area (TPSA) is 42.0 Å². The Morgan fingerprint density at radius 1 is 1.62 bits per heavy atom. The first-order valence-corrected chi connectivity index (χ1v) is 4.28. The molecule has 1 aromatic heterocycles. The van der Waals surface area contributed by atoms with Crippen LogP contribution in [0.25, 0.3) is 0 Å². The summed E-state index contributed by atoms with van der Waals surface area (Å²) in [4.78, 5) is 12.8. The third-order valence-electron chi connectivity index (χ3n) is 1.39. The second kappa shape index (κ2) is 8.87. The molecule has 0 aliphatic heterocycles. The van der Waals surface area contributed by atoms with E-state index in [-0.39, 0.29) is 0 Å². The molecule has 0 bridgehead atoms. The average Bonchev–Trinajstić information content (AvgIpc) is 2.18. The first-order valence-electron chi connectivity index (χ1n) is 4.28. The molecule has 0 fully saturated rings. The number of aldehydes is 1. The summed E-state index contributed by atoms with van der Waals surface area (Å²) in [5, 5.41) is 3.09. The van der Waals surface area contributed by atoms with E-state index < -0.39 is 0 Å². The van der Waals surface area contributed by atoms with Crippen LogP contribution in [0.15, 0.2) is 24.5 Å². The van der Waals surface area contributed by atoms with Crippen molar-refractivity contribution in [3.05, 3.63) is 30.1 Å². The van der Waals surface area contributed by atoms with Gasteiger partial charge in [0, 0.05) is 12.4 Å². The molecule has 0 aromatic carbocycles. The van der Waals surface area contributed by atoms with E-state index in [4.69, 9.17) is 4.79 Å². The first kappa shape index (κ1) is 11.8. The van der Waals surface area contributed by atoms with Gasteiger partial charge in [-0.05, 0) is 38.6 Å². The number of nitrogens with zero attached hydrogens (tertiary/aromatic N) is 1. The van der Waals surface area contributed by atoms with Crippen LogP contribution in [0.2, 0.25) is 0 Å². The number of pyridine rings is 1. The van der Waals surface area contributed by atoms with Crippen LogP contribution >= 0.6 is 0 Å². The molecule has 1 heterocycles. The predicted octanol–water partition coefficient (Wildman–Crippen LogP) is 1.05. The van der Waals surface area contributed by atoms with Crippen LogP contribution in [0.4, 0.5) is 0 Å². The summed E-state index contributed by atoms with van der Waals surface area (Å²) in [7, 11) is 1.95. The zero-order chi connectivity index (χ0) is 9.94. The summed E-state index contributed by atoms with van der Waals surface area (Å²) in [5.74, 6) is 0. The number of hydrogen-bond donors (Lipinski definition) is 1. The summed E-state index contributed by atoms with van der Waals surface area (Å²) in [6.45, 7) is 2.46. The van der Waals surface area contributed by atoms with Crippen LogP contribution in [0.3, 0.4) is 0 Å². The molecular weight excluding hydrogens is 164 g/mol. The van der Waals surface area contributed by atoms with Crippen LogP contribution in [-0.2, 0) is 11.2 Å². The molecule has 3 nitrogen and oxygen atoms in total. The Bertz CT molecular complexity index is 211. The van der Waals surface area contributed by atoms with Crippen molar-refractivity contribution >= 4 is 6.29 Å². The maximum absolute atomic E-state index is 8.81. The molecule has 0 aliphatic carbocycles. The Morgan fingerprint density at radius 2 is 2.31 bits per heavy atom. The van der Waals surface area contributed by atoms with Crippen molar-refractivity contribution in [2.24, 2.45) is 0 Å². The van der Waals surface area contributed by atoms with Crippen molar-refractivity contribution in [1.29, 1.82) is 0 Å². The van der Waals surface area contributed by atoms with E-state index in [2.05, 4.69) is 16.4 Å². The number of aromatic nitrogens is 1. The molecule has 3 heteroatoms. The van der Waals surface area contributed by atoms with Gasteiger partial charge in [-0.2, -0.15) is 0 Å². The van der Waals surface area contributed by atoms with Gasteiger partial charge in [-0.1, -0.05) is 6.07 Å². The van der Waals surface area contributed by atoms with Gasteiger partial charge in [0.1, 0.15) is 6.29 Å². The fraction of sp³-hybridized carbons (Fsp3) is 0.400. The highest BCUT2D eigenvalue weighted by Gasteiger charge is 1.87. The van der Waals surface area contributed by atoms with Gasteiger partial charge in [0.05, 0.1) is 0 Å². The Kier molecular flexibility index (Phi) is 8.04. The molecule has 0 saturated carbocycles. The van der Waals surface area contributed by atoms with Crippen LogP contribution in [0, 0.1) is 0 Å². The fourth-order valence-electron chi connectivity index (χ4n) is 0.815. The number of hydrogen-bond acceptors (Lipinski definition) is 3. The lowest BCUT2D eigenvalue weighted by Gasteiger charge is -1.97. The van der Waals surface area contributed by atoms with Crippen LogP contribution in [0.1, 0.15) is 12.5 Å². The van der Waals surface area contributed by atoms with Gasteiger partial charge in [0.25, 0.3) is 0 Å². The van der Waals surface area contributed by atoms with Crippen LogP contribution in [-0.4, -0.2) is 24.9 Å². The molecular formula is C10H16N2O. The minimum atomic E-state index is 0.750. The molecule has 0 atom stereocenters. The van der Waals surface area contributed by atoms with Gasteiger partial charge in [-0.15, -0.1) is 0 Å². The lowest BCUT2D eigenvalue weighted by atomic mass is 10.2. The van der Waals surface area contributed by atoms with Crippen molar-refractivity contribution < 1.29 is 4.79 Å². The molecule has 0 amide bonds. The summed E-state index contributed by atoms with van der Waals surface area (Å²) in [6.07, 6.45) is 5.50. The minimum Gasteiger partial charge on any atom is -0.319 e. The maximum Gasteiger partial charge on any atom is 0.116 e. The quantitative estimate of drug-likeness (QED) is 0.707. The van der Waals surface area contributed by atoms with Crippen molar-refractivity contribution in [3.63, 3.8) is 0 Å². The van der Waals surface area contributed by atoms with Crippen molar-refractivity contribution in [2.45, 2.75) is 13.3 Å². The van der Waals surface area contributed by atoms with Crippen molar-refractivity contribution in [2.75, 3.05) is 13.6 Å². The van der Waals surface area contributed by atoms with E-state index in [1.54, 1.807) is 6.20 Å². The van der Waals surface area contributed by atoms with Crippen LogP contribution < -0.4 is 5.32 Å². The van der Waals surface area contributed by atoms with E-state index in [1.165, 1.54) is 12.5 Å². The van der Waals surface area contributed by atoms with Crippen molar-refractivity contribution in [1.82, 2.24) is 10.3 Å². The number of nitrogens with one attached hydrogen (secondary N) is 1. The monoisotopic (exact) mass is 180 g/mol. The summed E-state index contributed by atoms with van der Waals surface area (Å²) in [6, 6.07) is 4.05. The molecule has 13 heavy (non-hydrogen) atoms. The SMILES string of the molecule is CC=O.CNCCc1cccnc1. The average molecular weight is 180 g/mol. The number of rotatable bonds is 3. The standard InChI is InChI=1S/C8H12N2.C2H4O/c1-9-6-4-8-3-2-5-10-7-8;1-2-3/h2-3,5,7,9H,4,6H2,1H3;2H,1H3.